The smallest absolute Gasteiger partial charge is 0.407 e. The van der Waals surface area contributed by atoms with E-state index in [2.05, 4.69) is 0 Å². The second-order valence-corrected chi connectivity index (χ2v) is 4.90. The minimum Gasteiger partial charge on any atom is -0.465 e. The quantitative estimate of drug-likeness (QED) is 0.606. The lowest BCUT2D eigenvalue weighted by Crippen LogP contribution is -2.52. The number of carboxylic acid groups (broad SMARTS) is 1. The summed E-state index contributed by atoms with van der Waals surface area (Å²) < 4.78 is 5.09. The number of ketones is 1. The van der Waals surface area contributed by atoms with Gasteiger partial charge in [0, 0.05) is 13.0 Å². The molecule has 1 unspecified atom stereocenters. The van der Waals surface area contributed by atoms with Crippen LogP contribution in [0.3, 0.4) is 0 Å². The number of nitrogens with zero attached hydrogens (tertiary/aromatic N) is 1. The average Bonchev–Trinajstić information content (AvgIpc) is 2.28. The van der Waals surface area contributed by atoms with Crippen molar-refractivity contribution in [2.75, 3.05) is 19.7 Å². The highest BCUT2D eigenvalue weighted by molar-refractivity contribution is 5.91. The second-order valence-electron chi connectivity index (χ2n) is 4.90. The van der Waals surface area contributed by atoms with E-state index >= 15 is 0 Å². The number of esters is 1. The van der Waals surface area contributed by atoms with E-state index in [1.165, 1.54) is 0 Å². The molecule has 0 aromatic heterocycles. The van der Waals surface area contributed by atoms with Crippen LogP contribution < -0.4 is 0 Å². The van der Waals surface area contributed by atoms with Gasteiger partial charge in [-0.1, -0.05) is 13.3 Å². The molecule has 18 heavy (non-hydrogen) atoms. The number of Topliss-reactive ketones (excluding diaryl/α,β-unsaturated/α-hetero) is 1. The molecule has 0 aromatic carbocycles. The summed E-state index contributed by atoms with van der Waals surface area (Å²) in [6.07, 6.45) is 0.528. The Bertz CT molecular complexity index is 354. The van der Waals surface area contributed by atoms with Gasteiger partial charge in [-0.25, -0.2) is 4.79 Å². The number of rotatable bonds is 4. The molecule has 102 valence electrons. The maximum absolute atomic E-state index is 11.9. The Morgan fingerprint density at radius 2 is 2.17 bits per heavy atom. The Balaban J connectivity index is 2.68. The van der Waals surface area contributed by atoms with Crippen molar-refractivity contribution in [3.8, 4) is 0 Å². The summed E-state index contributed by atoms with van der Waals surface area (Å²) in [7, 11) is 0. The van der Waals surface area contributed by atoms with Crippen LogP contribution in [0.2, 0.25) is 0 Å². The monoisotopic (exact) mass is 257 g/mol. The van der Waals surface area contributed by atoms with Crippen LogP contribution in [0.25, 0.3) is 0 Å². The molecule has 0 spiro atoms. The van der Waals surface area contributed by atoms with E-state index in [9.17, 15) is 14.4 Å². The van der Waals surface area contributed by atoms with Crippen LogP contribution in [0.15, 0.2) is 0 Å². The lowest BCUT2D eigenvalue weighted by molar-refractivity contribution is -0.160. The normalized spacial score (nSPS) is 23.9. The van der Waals surface area contributed by atoms with Crippen molar-refractivity contribution in [3.63, 3.8) is 0 Å². The van der Waals surface area contributed by atoms with Gasteiger partial charge >= 0.3 is 12.1 Å². The Kier molecular flexibility index (Phi) is 4.69. The molecule has 1 saturated heterocycles. The molecule has 0 aliphatic carbocycles. The van der Waals surface area contributed by atoms with E-state index in [0.29, 0.717) is 6.61 Å². The molecule has 1 rings (SSSR count). The summed E-state index contributed by atoms with van der Waals surface area (Å²) in [5.41, 5.74) is -1.05. The zero-order valence-corrected chi connectivity index (χ0v) is 10.8. The molecule has 0 aromatic rings. The molecule has 1 aliphatic heterocycles. The number of likely N-dealkylation sites (tertiary alicyclic amines) is 1. The molecular formula is C12H19NO5. The van der Waals surface area contributed by atoms with Crippen molar-refractivity contribution in [1.82, 2.24) is 4.90 Å². The summed E-state index contributed by atoms with van der Waals surface area (Å²) in [6, 6.07) is 0. The predicted octanol–water partition coefficient (Wildman–Crippen LogP) is 1.29. The molecule has 1 fully saturated rings. The van der Waals surface area contributed by atoms with E-state index in [1.54, 1.807) is 6.92 Å². The van der Waals surface area contributed by atoms with E-state index < -0.39 is 17.5 Å². The second kappa shape index (κ2) is 5.84. The summed E-state index contributed by atoms with van der Waals surface area (Å²) in [6.45, 7) is 3.73. The van der Waals surface area contributed by atoms with Crippen LogP contribution in [0.5, 0.6) is 0 Å². The van der Waals surface area contributed by atoms with Gasteiger partial charge in [0.25, 0.3) is 0 Å². The van der Waals surface area contributed by atoms with Gasteiger partial charge < -0.3 is 9.84 Å². The van der Waals surface area contributed by atoms with Gasteiger partial charge in [0.1, 0.15) is 0 Å². The van der Waals surface area contributed by atoms with Crippen molar-refractivity contribution in [1.29, 1.82) is 0 Å². The number of hydrogen-bond acceptors (Lipinski definition) is 4. The Hall–Kier alpha value is -1.59. The number of hydrogen-bond donors (Lipinski definition) is 1. The fraction of sp³-hybridized carbons (Fsp3) is 0.750. The van der Waals surface area contributed by atoms with Crippen molar-refractivity contribution in [3.05, 3.63) is 0 Å². The molecule has 6 heteroatoms. The van der Waals surface area contributed by atoms with Crippen molar-refractivity contribution >= 4 is 17.8 Å². The largest absolute Gasteiger partial charge is 0.465 e. The van der Waals surface area contributed by atoms with Gasteiger partial charge in [0.2, 0.25) is 0 Å². The van der Waals surface area contributed by atoms with E-state index in [-0.39, 0.29) is 25.3 Å². The van der Waals surface area contributed by atoms with Crippen molar-refractivity contribution in [2.24, 2.45) is 5.41 Å². The number of unbranched alkanes of at least 4 members (excludes halogenated alkanes) is 1. The molecule has 1 amide bonds. The summed E-state index contributed by atoms with van der Waals surface area (Å²) >= 11 is 0. The summed E-state index contributed by atoms with van der Waals surface area (Å²) in [5.74, 6) is -0.742. The van der Waals surface area contributed by atoms with Crippen LogP contribution in [0, 0.1) is 5.41 Å². The van der Waals surface area contributed by atoms with E-state index in [0.717, 1.165) is 17.7 Å². The van der Waals surface area contributed by atoms with Gasteiger partial charge in [-0.3, -0.25) is 14.5 Å². The highest BCUT2D eigenvalue weighted by Gasteiger charge is 2.44. The van der Waals surface area contributed by atoms with Gasteiger partial charge in [-0.05, 0) is 13.3 Å². The number of amides is 1. The third-order valence-electron chi connectivity index (χ3n) is 2.99. The fourth-order valence-electron chi connectivity index (χ4n) is 1.99. The third-order valence-corrected chi connectivity index (χ3v) is 2.99. The molecule has 1 N–H and O–H groups in total. The van der Waals surface area contributed by atoms with Crippen LogP contribution in [0.4, 0.5) is 4.79 Å². The number of carbonyl (C=O) groups is 3. The first-order valence-electron chi connectivity index (χ1n) is 6.06. The molecule has 0 saturated carbocycles. The van der Waals surface area contributed by atoms with Gasteiger partial charge in [-0.2, -0.15) is 0 Å². The third kappa shape index (κ3) is 3.45. The average molecular weight is 257 g/mol. The van der Waals surface area contributed by atoms with Gasteiger partial charge in [0.05, 0.1) is 18.6 Å². The zero-order valence-electron chi connectivity index (χ0n) is 10.8. The van der Waals surface area contributed by atoms with Crippen LogP contribution in [-0.2, 0) is 14.3 Å². The number of piperidine rings is 1. The van der Waals surface area contributed by atoms with Crippen molar-refractivity contribution < 1.29 is 24.2 Å². The highest BCUT2D eigenvalue weighted by atomic mass is 16.5. The fourth-order valence-corrected chi connectivity index (χ4v) is 1.99. The first-order chi connectivity index (χ1) is 8.39. The van der Waals surface area contributed by atoms with Crippen LogP contribution >= 0.6 is 0 Å². The van der Waals surface area contributed by atoms with E-state index in [1.807, 2.05) is 6.92 Å². The van der Waals surface area contributed by atoms with Crippen LogP contribution in [0.1, 0.15) is 33.1 Å². The number of ether oxygens (including phenoxy) is 1. The van der Waals surface area contributed by atoms with Gasteiger partial charge in [-0.15, -0.1) is 0 Å². The Labute approximate surface area is 106 Å². The molecule has 1 atom stereocenters. The first-order valence-corrected chi connectivity index (χ1v) is 6.06. The van der Waals surface area contributed by atoms with Crippen molar-refractivity contribution in [2.45, 2.75) is 33.1 Å². The Morgan fingerprint density at radius 1 is 1.50 bits per heavy atom. The first kappa shape index (κ1) is 14.5. The zero-order chi connectivity index (χ0) is 13.8. The molecule has 6 nitrogen and oxygen atoms in total. The summed E-state index contributed by atoms with van der Waals surface area (Å²) in [4.78, 5) is 35.3. The minimum absolute atomic E-state index is 0.0129. The molecule has 0 bridgehead atoms. The maximum atomic E-state index is 11.9. The molecule has 0 radical (unpaired) electrons. The van der Waals surface area contributed by atoms with E-state index in [4.69, 9.17) is 9.84 Å². The Morgan fingerprint density at radius 3 is 2.72 bits per heavy atom. The lowest BCUT2D eigenvalue weighted by Gasteiger charge is -2.36. The molecular weight excluding hydrogens is 238 g/mol. The topological polar surface area (TPSA) is 83.9 Å². The number of carbonyl (C=O) groups excluding carboxylic acids is 2. The van der Waals surface area contributed by atoms with Crippen LogP contribution in [-0.4, -0.2) is 47.5 Å². The molecule has 1 heterocycles. The standard InChI is InChI=1S/C12H19NO5/c1-3-4-5-18-10(15)12(2)6-9(14)7-13(8-12)11(16)17/h3-8H2,1-2H3,(H,16,17). The minimum atomic E-state index is -1.18. The maximum Gasteiger partial charge on any atom is 0.407 e. The SMILES string of the molecule is CCCCOC(=O)C1(C)CC(=O)CN(C(=O)O)C1. The molecule has 1 aliphatic rings. The summed E-state index contributed by atoms with van der Waals surface area (Å²) in [5, 5.41) is 8.91. The lowest BCUT2D eigenvalue weighted by atomic mass is 9.81. The predicted molar refractivity (Wildman–Crippen MR) is 63.2 cm³/mol. The highest BCUT2D eigenvalue weighted by Crippen LogP contribution is 2.29. The van der Waals surface area contributed by atoms with Gasteiger partial charge in [0.15, 0.2) is 5.78 Å².